The van der Waals surface area contributed by atoms with Crippen LogP contribution in [0.5, 0.6) is 0 Å². The number of carbonyl (C=O) groups excluding carboxylic acids is 2. The van der Waals surface area contributed by atoms with Gasteiger partial charge in [0.2, 0.25) is 0 Å². The fourth-order valence-corrected chi connectivity index (χ4v) is 1.65. The number of nitriles is 1. The quantitative estimate of drug-likeness (QED) is 0.630. The van der Waals surface area contributed by atoms with E-state index in [0.717, 1.165) is 0 Å². The molecule has 0 atom stereocenters. The van der Waals surface area contributed by atoms with E-state index in [1.807, 2.05) is 6.07 Å². The summed E-state index contributed by atoms with van der Waals surface area (Å²) in [6.07, 6.45) is 0.525. The normalized spacial score (nSPS) is 9.31. The van der Waals surface area contributed by atoms with Gasteiger partial charge in [0.1, 0.15) is 6.07 Å². The Morgan fingerprint density at radius 2 is 2.31 bits per heavy atom. The fraction of sp³-hybridized carbons (Fsp3) is 0.182. The molecule has 0 aliphatic rings. The van der Waals surface area contributed by atoms with Crippen LogP contribution in [-0.2, 0) is 4.74 Å². The van der Waals surface area contributed by atoms with Crippen LogP contribution in [0.3, 0.4) is 0 Å². The van der Waals surface area contributed by atoms with Crippen LogP contribution in [0.15, 0.2) is 16.6 Å². The summed E-state index contributed by atoms with van der Waals surface area (Å²) in [6.45, 7) is 1.84. The molecule has 0 saturated carbocycles. The maximum Gasteiger partial charge on any atom is 0.340 e. The zero-order valence-corrected chi connectivity index (χ0v) is 10.1. The molecule has 0 radical (unpaired) electrons. The summed E-state index contributed by atoms with van der Waals surface area (Å²) in [5.41, 5.74) is 0.273. The Morgan fingerprint density at radius 1 is 1.62 bits per heavy atom. The van der Waals surface area contributed by atoms with Gasteiger partial charge < -0.3 is 4.74 Å². The number of ether oxygens (including phenoxy) is 1. The Hall–Kier alpha value is -1.67. The van der Waals surface area contributed by atoms with Crippen LogP contribution in [0.25, 0.3) is 0 Å². The molecule has 16 heavy (non-hydrogen) atoms. The van der Waals surface area contributed by atoms with Crippen molar-refractivity contribution in [1.82, 2.24) is 0 Å². The highest BCUT2D eigenvalue weighted by Gasteiger charge is 2.19. The van der Waals surface area contributed by atoms with Gasteiger partial charge in [0.05, 0.1) is 17.7 Å². The summed E-state index contributed by atoms with van der Waals surface area (Å²) in [7, 11) is 0. The highest BCUT2D eigenvalue weighted by molar-refractivity contribution is 9.10. The molecule has 0 spiro atoms. The molecule has 5 heteroatoms. The molecule has 0 amide bonds. The summed E-state index contributed by atoms with van der Waals surface area (Å²) in [4.78, 5) is 22.5. The van der Waals surface area contributed by atoms with Gasteiger partial charge in [-0.1, -0.05) is 15.9 Å². The molecule has 0 N–H and O–H groups in total. The number of hydrogen-bond donors (Lipinski definition) is 0. The van der Waals surface area contributed by atoms with Gasteiger partial charge in [-0.3, -0.25) is 4.79 Å². The third-order valence-electron chi connectivity index (χ3n) is 1.91. The second-order valence-corrected chi connectivity index (χ2v) is 3.69. The summed E-state index contributed by atoms with van der Waals surface area (Å²) >= 11 is 3.14. The predicted molar refractivity (Wildman–Crippen MR) is 60.2 cm³/mol. The standard InChI is InChI=1S/C11H8BrNO3/c1-2-16-11(15)10-7(5-13)3-4-9(12)8(10)6-14/h3-4,6H,2H2,1H3. The largest absolute Gasteiger partial charge is 0.462 e. The van der Waals surface area contributed by atoms with E-state index in [1.165, 1.54) is 6.07 Å². The van der Waals surface area contributed by atoms with Crippen molar-refractivity contribution in [2.24, 2.45) is 0 Å². The first kappa shape index (κ1) is 12.4. The van der Waals surface area contributed by atoms with E-state index in [9.17, 15) is 9.59 Å². The Balaban J connectivity index is 3.43. The van der Waals surface area contributed by atoms with E-state index in [0.29, 0.717) is 10.8 Å². The van der Waals surface area contributed by atoms with Crippen molar-refractivity contribution in [2.75, 3.05) is 6.61 Å². The third-order valence-corrected chi connectivity index (χ3v) is 2.60. The van der Waals surface area contributed by atoms with Gasteiger partial charge in [-0.25, -0.2) is 4.79 Å². The van der Waals surface area contributed by atoms with Gasteiger partial charge in [-0.15, -0.1) is 0 Å². The van der Waals surface area contributed by atoms with Crippen molar-refractivity contribution in [1.29, 1.82) is 5.26 Å². The Kier molecular flexibility index (Phi) is 4.20. The van der Waals surface area contributed by atoms with E-state index >= 15 is 0 Å². The number of carbonyl (C=O) groups is 2. The lowest BCUT2D eigenvalue weighted by Crippen LogP contribution is -2.11. The number of benzene rings is 1. The third kappa shape index (κ3) is 2.28. The minimum atomic E-state index is -0.664. The zero-order chi connectivity index (χ0) is 12.1. The van der Waals surface area contributed by atoms with Gasteiger partial charge in [0, 0.05) is 10.0 Å². The Morgan fingerprint density at radius 3 is 2.81 bits per heavy atom. The molecule has 0 aliphatic carbocycles. The summed E-state index contributed by atoms with van der Waals surface area (Å²) in [6, 6.07) is 4.86. The number of rotatable bonds is 3. The van der Waals surface area contributed by atoms with Crippen molar-refractivity contribution >= 4 is 28.2 Å². The highest BCUT2D eigenvalue weighted by atomic mass is 79.9. The number of hydrogen-bond acceptors (Lipinski definition) is 4. The van der Waals surface area contributed by atoms with Crippen molar-refractivity contribution in [3.05, 3.63) is 33.3 Å². The van der Waals surface area contributed by atoms with Crippen LogP contribution in [0, 0.1) is 11.3 Å². The topological polar surface area (TPSA) is 67.2 Å². The average Bonchev–Trinajstić information content (AvgIpc) is 2.28. The van der Waals surface area contributed by atoms with Crippen LogP contribution in [0.2, 0.25) is 0 Å². The van der Waals surface area contributed by atoms with E-state index in [-0.39, 0.29) is 23.3 Å². The lowest BCUT2D eigenvalue weighted by atomic mass is 10.0. The van der Waals surface area contributed by atoms with Crippen LogP contribution < -0.4 is 0 Å². The van der Waals surface area contributed by atoms with E-state index in [4.69, 9.17) is 10.00 Å². The van der Waals surface area contributed by atoms with Crippen LogP contribution in [0.1, 0.15) is 33.2 Å². The molecule has 0 aromatic heterocycles. The number of nitrogens with zero attached hydrogens (tertiary/aromatic N) is 1. The van der Waals surface area contributed by atoms with Gasteiger partial charge in [0.15, 0.2) is 6.29 Å². The molecular formula is C11H8BrNO3. The Bertz CT molecular complexity index is 477. The van der Waals surface area contributed by atoms with Gasteiger partial charge >= 0.3 is 5.97 Å². The van der Waals surface area contributed by atoms with Crippen molar-refractivity contribution in [2.45, 2.75) is 6.92 Å². The second kappa shape index (κ2) is 5.42. The summed E-state index contributed by atoms with van der Waals surface area (Å²) in [5, 5.41) is 8.86. The first-order chi connectivity index (χ1) is 7.65. The predicted octanol–water partition coefficient (Wildman–Crippen LogP) is 2.31. The molecule has 1 aromatic carbocycles. The van der Waals surface area contributed by atoms with Crippen molar-refractivity contribution in [3.63, 3.8) is 0 Å². The smallest absolute Gasteiger partial charge is 0.340 e. The number of aldehydes is 1. The molecule has 0 aliphatic heterocycles. The monoisotopic (exact) mass is 281 g/mol. The van der Waals surface area contributed by atoms with Gasteiger partial charge in [-0.2, -0.15) is 5.26 Å². The Labute approximate surface area is 101 Å². The highest BCUT2D eigenvalue weighted by Crippen LogP contribution is 2.23. The lowest BCUT2D eigenvalue weighted by molar-refractivity contribution is 0.0523. The fourth-order valence-electron chi connectivity index (χ4n) is 1.23. The maximum atomic E-state index is 11.6. The van der Waals surface area contributed by atoms with Gasteiger partial charge in [-0.05, 0) is 19.1 Å². The molecule has 0 bridgehead atoms. The van der Waals surface area contributed by atoms with Crippen LogP contribution >= 0.6 is 15.9 Å². The first-order valence-corrected chi connectivity index (χ1v) is 5.29. The minimum absolute atomic E-state index is 0.00808. The van der Waals surface area contributed by atoms with E-state index in [1.54, 1.807) is 13.0 Å². The molecule has 0 fully saturated rings. The summed E-state index contributed by atoms with van der Waals surface area (Å²) in [5.74, 6) is -0.664. The first-order valence-electron chi connectivity index (χ1n) is 4.50. The number of halogens is 1. The average molecular weight is 282 g/mol. The SMILES string of the molecule is CCOC(=O)c1c(C#N)ccc(Br)c1C=O. The summed E-state index contributed by atoms with van der Waals surface area (Å²) < 4.78 is 5.26. The van der Waals surface area contributed by atoms with E-state index in [2.05, 4.69) is 15.9 Å². The molecule has 82 valence electrons. The van der Waals surface area contributed by atoms with Crippen LogP contribution in [0.4, 0.5) is 0 Å². The molecular weight excluding hydrogens is 274 g/mol. The minimum Gasteiger partial charge on any atom is -0.462 e. The van der Waals surface area contributed by atoms with Crippen molar-refractivity contribution in [3.8, 4) is 6.07 Å². The number of esters is 1. The molecule has 0 heterocycles. The molecule has 1 aromatic rings. The molecule has 4 nitrogen and oxygen atoms in total. The molecule has 0 saturated heterocycles. The van der Waals surface area contributed by atoms with E-state index < -0.39 is 5.97 Å². The zero-order valence-electron chi connectivity index (χ0n) is 8.49. The van der Waals surface area contributed by atoms with Crippen molar-refractivity contribution < 1.29 is 14.3 Å². The second-order valence-electron chi connectivity index (χ2n) is 2.83. The van der Waals surface area contributed by atoms with Crippen LogP contribution in [-0.4, -0.2) is 18.9 Å². The lowest BCUT2D eigenvalue weighted by Gasteiger charge is -2.07. The molecule has 1 rings (SSSR count). The molecule has 0 unspecified atom stereocenters. The van der Waals surface area contributed by atoms with Gasteiger partial charge in [0.25, 0.3) is 0 Å². The maximum absolute atomic E-state index is 11.6.